The Kier molecular flexibility index (Phi) is 2.79. The molecule has 2 nitrogen and oxygen atoms in total. The van der Waals surface area contributed by atoms with Crippen molar-refractivity contribution < 1.29 is 4.79 Å². The van der Waals surface area contributed by atoms with E-state index in [4.69, 9.17) is 5.73 Å². The summed E-state index contributed by atoms with van der Waals surface area (Å²) in [7, 11) is 0. The van der Waals surface area contributed by atoms with Gasteiger partial charge in [-0.15, -0.1) is 0 Å². The van der Waals surface area contributed by atoms with E-state index in [1.165, 1.54) is 0 Å². The molecule has 0 atom stereocenters. The quantitative estimate of drug-likeness (QED) is 0.761. The molecular formula is C8H8BrNO. The predicted octanol–water partition coefficient (Wildman–Crippen LogP) is 1.72. The van der Waals surface area contributed by atoms with Gasteiger partial charge in [0.2, 0.25) is 0 Å². The molecule has 0 aliphatic rings. The zero-order valence-corrected chi connectivity index (χ0v) is 7.47. The van der Waals surface area contributed by atoms with E-state index in [1.807, 2.05) is 6.07 Å². The molecule has 1 rings (SSSR count). The van der Waals surface area contributed by atoms with E-state index in [9.17, 15) is 4.79 Å². The Labute approximate surface area is 73.5 Å². The van der Waals surface area contributed by atoms with E-state index in [0.29, 0.717) is 12.1 Å². The lowest BCUT2D eigenvalue weighted by Gasteiger charge is -2.00. The van der Waals surface area contributed by atoms with Crippen molar-refractivity contribution in [2.75, 3.05) is 0 Å². The number of carbonyl (C=O) groups is 1. The van der Waals surface area contributed by atoms with Gasteiger partial charge in [0.05, 0.1) is 0 Å². The van der Waals surface area contributed by atoms with Crippen molar-refractivity contribution in [2.45, 2.75) is 6.54 Å². The minimum absolute atomic E-state index is 0.447. The Morgan fingerprint density at radius 3 is 2.82 bits per heavy atom. The van der Waals surface area contributed by atoms with Gasteiger partial charge in [-0.25, -0.2) is 0 Å². The lowest BCUT2D eigenvalue weighted by Crippen LogP contribution is -1.98. The predicted molar refractivity (Wildman–Crippen MR) is 47.4 cm³/mol. The second-order valence-electron chi connectivity index (χ2n) is 2.17. The van der Waals surface area contributed by atoms with Gasteiger partial charge in [-0.1, -0.05) is 22.0 Å². The number of hydrogen-bond donors (Lipinski definition) is 1. The molecule has 0 aromatic heterocycles. The standard InChI is InChI=1S/C8H8BrNO/c9-8-2-1-6(5-11)3-7(8)4-10/h1-3,5H,4,10H2. The second kappa shape index (κ2) is 3.64. The summed E-state index contributed by atoms with van der Waals surface area (Å²) in [6.07, 6.45) is 0.811. The van der Waals surface area contributed by atoms with Crippen LogP contribution >= 0.6 is 15.9 Å². The third-order valence-electron chi connectivity index (χ3n) is 1.43. The fraction of sp³-hybridized carbons (Fsp3) is 0.125. The SMILES string of the molecule is NCc1cc(C=O)ccc1Br. The lowest BCUT2D eigenvalue weighted by molar-refractivity contribution is 0.112. The number of rotatable bonds is 2. The van der Waals surface area contributed by atoms with E-state index < -0.39 is 0 Å². The van der Waals surface area contributed by atoms with Crippen LogP contribution in [0, 0.1) is 0 Å². The molecule has 3 heteroatoms. The van der Waals surface area contributed by atoms with Crippen molar-refractivity contribution in [2.24, 2.45) is 5.73 Å². The molecule has 0 aliphatic heterocycles. The van der Waals surface area contributed by atoms with Gasteiger partial charge in [0.15, 0.2) is 0 Å². The highest BCUT2D eigenvalue weighted by Gasteiger charge is 1.97. The average Bonchev–Trinajstić information content (AvgIpc) is 2.05. The number of nitrogens with two attached hydrogens (primary N) is 1. The third-order valence-corrected chi connectivity index (χ3v) is 2.20. The summed E-state index contributed by atoms with van der Waals surface area (Å²) in [4.78, 5) is 10.3. The van der Waals surface area contributed by atoms with Crippen LogP contribution in [0.4, 0.5) is 0 Å². The van der Waals surface area contributed by atoms with Gasteiger partial charge in [0.1, 0.15) is 6.29 Å². The third kappa shape index (κ3) is 1.88. The summed E-state index contributed by atoms with van der Waals surface area (Å²) in [6.45, 7) is 0.447. The van der Waals surface area contributed by atoms with Crippen LogP contribution in [0.2, 0.25) is 0 Å². The lowest BCUT2D eigenvalue weighted by atomic mass is 10.1. The highest BCUT2D eigenvalue weighted by molar-refractivity contribution is 9.10. The van der Waals surface area contributed by atoms with E-state index >= 15 is 0 Å². The molecule has 2 N–H and O–H groups in total. The molecule has 0 fully saturated rings. The van der Waals surface area contributed by atoms with Gasteiger partial charge in [0, 0.05) is 16.6 Å². The molecule has 0 bridgehead atoms. The van der Waals surface area contributed by atoms with Crippen LogP contribution in [0.25, 0.3) is 0 Å². The maximum atomic E-state index is 10.3. The normalized spacial score (nSPS) is 9.64. The maximum Gasteiger partial charge on any atom is 0.150 e. The maximum absolute atomic E-state index is 10.3. The first-order valence-corrected chi connectivity index (χ1v) is 4.01. The molecule has 1 aromatic carbocycles. The monoisotopic (exact) mass is 213 g/mol. The molecule has 1 aromatic rings. The van der Waals surface area contributed by atoms with E-state index in [2.05, 4.69) is 15.9 Å². The molecule has 0 aliphatic carbocycles. The van der Waals surface area contributed by atoms with Crippen molar-refractivity contribution >= 4 is 22.2 Å². The molecule has 0 amide bonds. The van der Waals surface area contributed by atoms with Crippen LogP contribution in [0.5, 0.6) is 0 Å². The first-order valence-electron chi connectivity index (χ1n) is 3.21. The van der Waals surface area contributed by atoms with Crippen LogP contribution in [0.15, 0.2) is 22.7 Å². The highest BCUT2D eigenvalue weighted by atomic mass is 79.9. The zero-order chi connectivity index (χ0) is 8.27. The summed E-state index contributed by atoms with van der Waals surface area (Å²) in [5.41, 5.74) is 7.04. The summed E-state index contributed by atoms with van der Waals surface area (Å²) in [5, 5.41) is 0. The Bertz CT molecular complexity index is 273. The number of carbonyl (C=O) groups excluding carboxylic acids is 1. The average molecular weight is 214 g/mol. The molecule has 0 saturated carbocycles. The van der Waals surface area contributed by atoms with Crippen molar-refractivity contribution in [3.63, 3.8) is 0 Å². The Morgan fingerprint density at radius 1 is 1.55 bits per heavy atom. The first-order chi connectivity index (χ1) is 5.27. The number of benzene rings is 1. The fourth-order valence-electron chi connectivity index (χ4n) is 0.824. The van der Waals surface area contributed by atoms with Gasteiger partial charge in [-0.05, 0) is 17.7 Å². The molecule has 11 heavy (non-hydrogen) atoms. The van der Waals surface area contributed by atoms with Crippen LogP contribution in [-0.4, -0.2) is 6.29 Å². The Hall–Kier alpha value is -0.670. The molecule has 0 unspecified atom stereocenters. The van der Waals surface area contributed by atoms with Crippen molar-refractivity contribution in [1.82, 2.24) is 0 Å². The number of hydrogen-bond acceptors (Lipinski definition) is 2. The molecule has 0 heterocycles. The Morgan fingerprint density at radius 2 is 2.27 bits per heavy atom. The van der Waals surface area contributed by atoms with Crippen LogP contribution in [0.1, 0.15) is 15.9 Å². The molecule has 0 radical (unpaired) electrons. The van der Waals surface area contributed by atoms with E-state index in [0.717, 1.165) is 16.3 Å². The number of aldehydes is 1. The van der Waals surface area contributed by atoms with Gasteiger partial charge >= 0.3 is 0 Å². The van der Waals surface area contributed by atoms with Crippen molar-refractivity contribution in [1.29, 1.82) is 0 Å². The summed E-state index contributed by atoms with van der Waals surface area (Å²) in [5.74, 6) is 0. The number of halogens is 1. The van der Waals surface area contributed by atoms with Crippen LogP contribution in [0.3, 0.4) is 0 Å². The van der Waals surface area contributed by atoms with Gasteiger partial charge < -0.3 is 5.73 Å². The molecule has 0 spiro atoms. The van der Waals surface area contributed by atoms with Crippen molar-refractivity contribution in [3.8, 4) is 0 Å². The van der Waals surface area contributed by atoms with Gasteiger partial charge in [-0.3, -0.25) is 4.79 Å². The minimum atomic E-state index is 0.447. The largest absolute Gasteiger partial charge is 0.326 e. The second-order valence-corrected chi connectivity index (χ2v) is 3.03. The zero-order valence-electron chi connectivity index (χ0n) is 5.88. The molecule has 0 saturated heterocycles. The molecular weight excluding hydrogens is 206 g/mol. The summed E-state index contributed by atoms with van der Waals surface area (Å²) >= 11 is 3.32. The smallest absolute Gasteiger partial charge is 0.150 e. The van der Waals surface area contributed by atoms with E-state index in [-0.39, 0.29) is 0 Å². The minimum Gasteiger partial charge on any atom is -0.326 e. The summed E-state index contributed by atoms with van der Waals surface area (Å²) in [6, 6.07) is 5.35. The fourth-order valence-corrected chi connectivity index (χ4v) is 1.23. The Balaban J connectivity index is 3.12. The van der Waals surface area contributed by atoms with Crippen LogP contribution in [-0.2, 0) is 6.54 Å². The van der Waals surface area contributed by atoms with Crippen LogP contribution < -0.4 is 5.73 Å². The highest BCUT2D eigenvalue weighted by Crippen LogP contribution is 2.16. The topological polar surface area (TPSA) is 43.1 Å². The first kappa shape index (κ1) is 8.43. The van der Waals surface area contributed by atoms with Gasteiger partial charge in [0.25, 0.3) is 0 Å². The van der Waals surface area contributed by atoms with Gasteiger partial charge in [-0.2, -0.15) is 0 Å². The summed E-state index contributed by atoms with van der Waals surface area (Å²) < 4.78 is 0.950. The van der Waals surface area contributed by atoms with E-state index in [1.54, 1.807) is 12.1 Å². The van der Waals surface area contributed by atoms with Crippen molar-refractivity contribution in [3.05, 3.63) is 33.8 Å². The molecule has 58 valence electrons.